The number of hydrogen-bond acceptors (Lipinski definition) is 12. The molecule has 2 heterocycles. The number of carbonyl (C=O) groups excluding carboxylic acids is 1. The summed E-state index contributed by atoms with van der Waals surface area (Å²) in [5.41, 5.74) is 0. The van der Waals surface area contributed by atoms with Crippen molar-refractivity contribution in [2.75, 3.05) is 25.7 Å². The van der Waals surface area contributed by atoms with Crippen molar-refractivity contribution in [2.45, 2.75) is 54.8 Å². The third kappa shape index (κ3) is 4.36. The molecule has 2 aliphatic heterocycles. The lowest BCUT2D eigenvalue weighted by atomic mass is 9.99. The van der Waals surface area contributed by atoms with E-state index in [0.717, 1.165) is 0 Å². The molecule has 0 aromatic rings. The molecule has 2 fully saturated rings. The topological polar surface area (TPSA) is 196 Å². The lowest BCUT2D eigenvalue weighted by molar-refractivity contribution is -0.383. The molecule has 9 atom stereocenters. The molecule has 0 saturated carbocycles. The molecule has 0 amide bonds. The van der Waals surface area contributed by atoms with Gasteiger partial charge in [0.2, 0.25) is 5.79 Å². The first-order valence-electron chi connectivity index (χ1n) is 8.06. The SMILES string of the molecule is O=C(CCl)O[C@H]1[C@H](O)[C@@H](CO)O[C@@]1(CO)O[C@H]1O[C@H](CO)[C@@H](O)[C@H](O)[C@H]1O. The highest BCUT2D eigenvalue weighted by atomic mass is 35.5. The summed E-state index contributed by atoms with van der Waals surface area (Å²) in [5, 5.41) is 68.2. The van der Waals surface area contributed by atoms with Crippen molar-refractivity contribution in [3.8, 4) is 0 Å². The molecule has 13 heteroatoms. The summed E-state index contributed by atoms with van der Waals surface area (Å²) < 4.78 is 20.8. The van der Waals surface area contributed by atoms with E-state index in [1.807, 2.05) is 0 Å². The molecule has 0 aliphatic carbocycles. The van der Waals surface area contributed by atoms with E-state index in [0.29, 0.717) is 0 Å². The maximum absolute atomic E-state index is 11.6. The van der Waals surface area contributed by atoms with E-state index in [1.54, 1.807) is 0 Å². The summed E-state index contributed by atoms with van der Waals surface area (Å²) in [5.74, 6) is -3.87. The minimum Gasteiger partial charge on any atom is -0.453 e. The second-order valence-corrected chi connectivity index (χ2v) is 6.43. The van der Waals surface area contributed by atoms with Crippen molar-refractivity contribution < 1.29 is 59.5 Å². The van der Waals surface area contributed by atoms with Gasteiger partial charge in [-0.25, -0.2) is 0 Å². The van der Waals surface area contributed by atoms with E-state index in [-0.39, 0.29) is 0 Å². The molecule has 2 aliphatic rings. The van der Waals surface area contributed by atoms with Gasteiger partial charge in [-0.1, -0.05) is 0 Å². The zero-order valence-corrected chi connectivity index (χ0v) is 14.8. The number of carbonyl (C=O) groups is 1. The van der Waals surface area contributed by atoms with Crippen molar-refractivity contribution in [3.63, 3.8) is 0 Å². The minimum atomic E-state index is -2.29. The maximum atomic E-state index is 11.6. The molecule has 2 saturated heterocycles. The zero-order valence-electron chi connectivity index (χ0n) is 14.0. The maximum Gasteiger partial charge on any atom is 0.321 e. The first-order chi connectivity index (χ1) is 12.7. The number of hydrogen-bond donors (Lipinski definition) is 7. The molecule has 2 rings (SSSR count). The van der Waals surface area contributed by atoms with Crippen LogP contribution in [0.3, 0.4) is 0 Å². The van der Waals surface area contributed by atoms with Crippen molar-refractivity contribution in [3.05, 3.63) is 0 Å². The Morgan fingerprint density at radius 2 is 1.59 bits per heavy atom. The fourth-order valence-corrected chi connectivity index (χ4v) is 3.01. The van der Waals surface area contributed by atoms with Crippen LogP contribution in [0.2, 0.25) is 0 Å². The molecule has 0 aromatic carbocycles. The summed E-state index contributed by atoms with van der Waals surface area (Å²) in [6, 6.07) is 0. The molecular weight excluding hydrogens is 396 g/mol. The van der Waals surface area contributed by atoms with Crippen LogP contribution >= 0.6 is 11.6 Å². The normalized spacial score (nSPS) is 45.0. The minimum absolute atomic E-state index is 0.589. The Morgan fingerprint density at radius 1 is 0.963 bits per heavy atom. The Morgan fingerprint density at radius 3 is 2.11 bits per heavy atom. The third-order valence-corrected chi connectivity index (χ3v) is 4.63. The fourth-order valence-electron chi connectivity index (χ4n) is 2.95. The largest absolute Gasteiger partial charge is 0.453 e. The van der Waals surface area contributed by atoms with E-state index < -0.39 is 86.5 Å². The van der Waals surface area contributed by atoms with Gasteiger partial charge >= 0.3 is 5.97 Å². The molecule has 0 unspecified atom stereocenters. The van der Waals surface area contributed by atoms with Gasteiger partial charge in [-0.2, -0.15) is 0 Å². The molecule has 12 nitrogen and oxygen atoms in total. The number of aliphatic hydroxyl groups excluding tert-OH is 7. The van der Waals surface area contributed by atoms with Crippen LogP contribution < -0.4 is 0 Å². The van der Waals surface area contributed by atoms with Gasteiger partial charge in [0.25, 0.3) is 0 Å². The molecule has 0 bridgehead atoms. The van der Waals surface area contributed by atoms with Gasteiger partial charge in [0, 0.05) is 0 Å². The number of esters is 1. The Balaban J connectivity index is 2.28. The van der Waals surface area contributed by atoms with Gasteiger partial charge < -0.3 is 54.7 Å². The van der Waals surface area contributed by atoms with Gasteiger partial charge in [-0.3, -0.25) is 4.79 Å². The van der Waals surface area contributed by atoms with Crippen LogP contribution in [0.25, 0.3) is 0 Å². The highest BCUT2D eigenvalue weighted by Gasteiger charge is 2.60. The van der Waals surface area contributed by atoms with Crippen molar-refractivity contribution >= 4 is 17.6 Å². The first kappa shape index (κ1) is 22.6. The van der Waals surface area contributed by atoms with Crippen LogP contribution in [0.5, 0.6) is 0 Å². The van der Waals surface area contributed by atoms with Gasteiger partial charge in [0.1, 0.15) is 49.1 Å². The summed E-state index contributed by atoms with van der Waals surface area (Å²) in [6.45, 7) is -2.48. The predicted octanol–water partition coefficient (Wildman–Crippen LogP) is -4.61. The van der Waals surface area contributed by atoms with Crippen LogP contribution in [-0.4, -0.2) is 122 Å². The van der Waals surface area contributed by atoms with Gasteiger partial charge in [-0.15, -0.1) is 11.6 Å². The monoisotopic (exact) mass is 418 g/mol. The van der Waals surface area contributed by atoms with Crippen molar-refractivity contribution in [1.29, 1.82) is 0 Å². The summed E-state index contributed by atoms with van der Waals surface area (Å²) in [4.78, 5) is 11.6. The third-order valence-electron chi connectivity index (χ3n) is 4.41. The molecule has 27 heavy (non-hydrogen) atoms. The summed E-state index contributed by atoms with van der Waals surface area (Å²) in [7, 11) is 0. The van der Waals surface area contributed by atoms with Gasteiger partial charge in [-0.05, 0) is 0 Å². The number of alkyl halides is 1. The van der Waals surface area contributed by atoms with Crippen molar-refractivity contribution in [1.82, 2.24) is 0 Å². The predicted molar refractivity (Wildman–Crippen MR) is 83.2 cm³/mol. The van der Waals surface area contributed by atoms with E-state index in [1.165, 1.54) is 0 Å². The quantitative estimate of drug-likeness (QED) is 0.154. The highest BCUT2D eigenvalue weighted by Crippen LogP contribution is 2.37. The van der Waals surface area contributed by atoms with Crippen LogP contribution in [-0.2, 0) is 23.7 Å². The highest BCUT2D eigenvalue weighted by molar-refractivity contribution is 6.26. The van der Waals surface area contributed by atoms with Gasteiger partial charge in [0.05, 0.1) is 13.2 Å². The Hall–Kier alpha value is -0.640. The number of ether oxygens (including phenoxy) is 4. The van der Waals surface area contributed by atoms with E-state index >= 15 is 0 Å². The fraction of sp³-hybridized carbons (Fsp3) is 0.929. The summed E-state index contributed by atoms with van der Waals surface area (Å²) in [6.07, 6.45) is -13.0. The van der Waals surface area contributed by atoms with E-state index in [9.17, 15) is 40.5 Å². The van der Waals surface area contributed by atoms with E-state index in [2.05, 4.69) is 0 Å². The molecule has 0 aromatic heterocycles. The molecule has 0 radical (unpaired) electrons. The smallest absolute Gasteiger partial charge is 0.321 e. The lowest BCUT2D eigenvalue weighted by Crippen LogP contribution is -2.63. The summed E-state index contributed by atoms with van der Waals surface area (Å²) >= 11 is 5.37. The standard InChI is InChI=1S/C14H23ClO12/c15-1-7(19)25-12-9(21)6(3-17)26-14(12,4-18)27-13-11(23)10(22)8(20)5(2-16)24-13/h5-6,8-13,16-18,20-23H,1-4H2/t5-,6-,8-,9-,10+,11-,12+,13-,14+/m1/s1. The van der Waals surface area contributed by atoms with Crippen molar-refractivity contribution in [2.24, 2.45) is 0 Å². The lowest BCUT2D eigenvalue weighted by Gasteiger charge is -2.43. The molecule has 7 N–H and O–H groups in total. The average Bonchev–Trinajstić information content (AvgIpc) is 2.94. The number of rotatable bonds is 7. The second-order valence-electron chi connectivity index (χ2n) is 6.16. The molecule has 158 valence electrons. The first-order valence-corrected chi connectivity index (χ1v) is 8.59. The Labute approximate surface area is 158 Å². The second kappa shape index (κ2) is 9.24. The molecular formula is C14H23ClO12. The Kier molecular flexibility index (Phi) is 7.75. The average molecular weight is 419 g/mol. The van der Waals surface area contributed by atoms with Gasteiger partial charge in [0.15, 0.2) is 12.4 Å². The van der Waals surface area contributed by atoms with Crippen LogP contribution in [0, 0.1) is 0 Å². The molecule has 0 spiro atoms. The Bertz CT molecular complexity index is 506. The van der Waals surface area contributed by atoms with Crippen LogP contribution in [0.15, 0.2) is 0 Å². The van der Waals surface area contributed by atoms with Crippen LogP contribution in [0.4, 0.5) is 0 Å². The number of halogens is 1. The van der Waals surface area contributed by atoms with E-state index in [4.69, 9.17) is 30.5 Å². The van der Waals surface area contributed by atoms with Crippen LogP contribution in [0.1, 0.15) is 0 Å². The number of aliphatic hydroxyl groups is 7. The zero-order chi connectivity index (χ0) is 20.4.